The summed E-state index contributed by atoms with van der Waals surface area (Å²) in [4.78, 5) is 11.9. The van der Waals surface area contributed by atoms with E-state index in [1.165, 1.54) is 0 Å². The van der Waals surface area contributed by atoms with Crippen LogP contribution in [0.25, 0.3) is 0 Å². The monoisotopic (exact) mass is 222 g/mol. The first-order valence-corrected chi connectivity index (χ1v) is 5.41. The van der Waals surface area contributed by atoms with Gasteiger partial charge in [-0.3, -0.25) is 4.79 Å². The number of ether oxygens (including phenoxy) is 1. The Morgan fingerprint density at radius 3 is 2.81 bits per heavy atom. The maximum atomic E-state index is 11.9. The average Bonchev–Trinajstić information content (AvgIpc) is 2.30. The van der Waals surface area contributed by atoms with Gasteiger partial charge in [0.2, 0.25) is 0 Å². The lowest BCUT2D eigenvalue weighted by Gasteiger charge is -2.13. The van der Waals surface area contributed by atoms with Crippen LogP contribution < -0.4 is 15.8 Å². The normalized spacial score (nSPS) is 11.9. The molecular weight excluding hydrogens is 204 g/mol. The second kappa shape index (κ2) is 6.12. The van der Waals surface area contributed by atoms with Crippen molar-refractivity contribution in [1.29, 1.82) is 0 Å². The van der Waals surface area contributed by atoms with Gasteiger partial charge in [0.1, 0.15) is 5.75 Å². The third-order valence-electron chi connectivity index (χ3n) is 2.16. The quantitative estimate of drug-likeness (QED) is 0.785. The number of hydrogen-bond acceptors (Lipinski definition) is 3. The Morgan fingerprint density at radius 1 is 1.50 bits per heavy atom. The number of amides is 1. The number of nitrogens with two attached hydrogens (primary N) is 1. The van der Waals surface area contributed by atoms with Crippen molar-refractivity contribution in [1.82, 2.24) is 5.32 Å². The molecule has 4 nitrogen and oxygen atoms in total. The number of rotatable bonds is 5. The van der Waals surface area contributed by atoms with E-state index in [1.807, 2.05) is 26.0 Å². The Bertz CT molecular complexity index is 353. The van der Waals surface area contributed by atoms with Gasteiger partial charge in [0.25, 0.3) is 5.91 Å². The molecule has 1 aromatic rings. The Morgan fingerprint density at radius 2 is 2.19 bits per heavy atom. The van der Waals surface area contributed by atoms with Crippen LogP contribution in [-0.2, 0) is 0 Å². The molecular formula is C12H18N2O2. The van der Waals surface area contributed by atoms with Crippen molar-refractivity contribution < 1.29 is 9.53 Å². The summed E-state index contributed by atoms with van der Waals surface area (Å²) in [5.41, 5.74) is 6.00. The summed E-state index contributed by atoms with van der Waals surface area (Å²) in [6, 6.07) is 7.13. The highest BCUT2D eigenvalue weighted by molar-refractivity contribution is 5.97. The molecule has 0 aromatic heterocycles. The number of para-hydroxylation sites is 1. The Balaban J connectivity index is 2.81. The summed E-state index contributed by atoms with van der Waals surface area (Å²) < 4.78 is 5.38. The summed E-state index contributed by atoms with van der Waals surface area (Å²) in [5, 5.41) is 2.80. The van der Waals surface area contributed by atoms with Crippen LogP contribution in [-0.4, -0.2) is 25.1 Å². The number of carbonyl (C=O) groups is 1. The first-order chi connectivity index (χ1) is 7.69. The molecule has 1 amide bonds. The molecule has 3 N–H and O–H groups in total. The van der Waals surface area contributed by atoms with Crippen molar-refractivity contribution in [2.24, 2.45) is 5.73 Å². The van der Waals surface area contributed by atoms with Crippen LogP contribution in [0, 0.1) is 0 Å². The predicted octanol–water partition coefficient (Wildman–Crippen LogP) is 1.16. The van der Waals surface area contributed by atoms with Crippen LogP contribution in [0.1, 0.15) is 24.2 Å². The zero-order chi connectivity index (χ0) is 12.0. The molecule has 1 rings (SSSR count). The molecule has 1 aromatic carbocycles. The molecule has 4 heteroatoms. The van der Waals surface area contributed by atoms with Crippen LogP contribution >= 0.6 is 0 Å². The second-order valence-corrected chi connectivity index (χ2v) is 3.54. The lowest BCUT2D eigenvalue weighted by molar-refractivity contribution is 0.0937. The Labute approximate surface area is 95.8 Å². The minimum atomic E-state index is -0.151. The highest BCUT2D eigenvalue weighted by Crippen LogP contribution is 2.17. The van der Waals surface area contributed by atoms with Crippen molar-refractivity contribution >= 4 is 5.91 Å². The van der Waals surface area contributed by atoms with Gasteiger partial charge in [-0.05, 0) is 26.0 Å². The first-order valence-electron chi connectivity index (χ1n) is 5.41. The predicted molar refractivity (Wildman–Crippen MR) is 63.6 cm³/mol. The third kappa shape index (κ3) is 3.24. The second-order valence-electron chi connectivity index (χ2n) is 3.54. The molecule has 0 heterocycles. The summed E-state index contributed by atoms with van der Waals surface area (Å²) in [6.07, 6.45) is 0. The summed E-state index contributed by atoms with van der Waals surface area (Å²) in [7, 11) is 0. The standard InChI is InChI=1S/C12H18N2O2/c1-3-16-11-7-5-4-6-10(11)12(15)14-9(2)8-13/h4-7,9H,3,8,13H2,1-2H3,(H,14,15). The van der Waals surface area contributed by atoms with Gasteiger partial charge in [-0.25, -0.2) is 0 Å². The minimum absolute atomic E-state index is 0.0396. The number of nitrogens with one attached hydrogen (secondary N) is 1. The SMILES string of the molecule is CCOc1ccccc1C(=O)NC(C)CN. The largest absolute Gasteiger partial charge is 0.493 e. The highest BCUT2D eigenvalue weighted by atomic mass is 16.5. The van der Waals surface area contributed by atoms with Crippen molar-refractivity contribution in [3.63, 3.8) is 0 Å². The molecule has 0 spiro atoms. The van der Waals surface area contributed by atoms with Crippen LogP contribution in [0.2, 0.25) is 0 Å². The van der Waals surface area contributed by atoms with Gasteiger partial charge in [-0.1, -0.05) is 12.1 Å². The van der Waals surface area contributed by atoms with E-state index in [1.54, 1.807) is 12.1 Å². The van der Waals surface area contributed by atoms with Gasteiger partial charge in [0.05, 0.1) is 12.2 Å². The van der Waals surface area contributed by atoms with Gasteiger partial charge >= 0.3 is 0 Å². The van der Waals surface area contributed by atoms with E-state index >= 15 is 0 Å². The molecule has 1 unspecified atom stereocenters. The molecule has 0 saturated heterocycles. The summed E-state index contributed by atoms with van der Waals surface area (Å²) >= 11 is 0. The van der Waals surface area contributed by atoms with Crippen molar-refractivity contribution in [2.75, 3.05) is 13.2 Å². The van der Waals surface area contributed by atoms with Crippen molar-refractivity contribution in [3.05, 3.63) is 29.8 Å². The van der Waals surface area contributed by atoms with Crippen molar-refractivity contribution in [2.45, 2.75) is 19.9 Å². The molecule has 1 atom stereocenters. The van der Waals surface area contributed by atoms with Gasteiger partial charge in [-0.2, -0.15) is 0 Å². The number of benzene rings is 1. The lowest BCUT2D eigenvalue weighted by atomic mass is 10.1. The van der Waals surface area contributed by atoms with E-state index in [0.717, 1.165) is 0 Å². The zero-order valence-corrected chi connectivity index (χ0v) is 9.69. The molecule has 0 aliphatic rings. The van der Waals surface area contributed by atoms with Gasteiger partial charge in [0, 0.05) is 12.6 Å². The minimum Gasteiger partial charge on any atom is -0.493 e. The van der Waals surface area contributed by atoms with Gasteiger partial charge in [-0.15, -0.1) is 0 Å². The third-order valence-corrected chi connectivity index (χ3v) is 2.16. The average molecular weight is 222 g/mol. The van der Waals surface area contributed by atoms with Gasteiger partial charge in [0.15, 0.2) is 0 Å². The Kier molecular flexibility index (Phi) is 4.79. The van der Waals surface area contributed by atoms with E-state index < -0.39 is 0 Å². The van der Waals surface area contributed by atoms with E-state index in [4.69, 9.17) is 10.5 Å². The first kappa shape index (κ1) is 12.5. The number of hydrogen-bond donors (Lipinski definition) is 2. The van der Waals surface area contributed by atoms with Crippen LogP contribution in [0.5, 0.6) is 5.75 Å². The number of carbonyl (C=O) groups excluding carboxylic acids is 1. The molecule has 0 saturated carbocycles. The zero-order valence-electron chi connectivity index (χ0n) is 9.69. The fourth-order valence-corrected chi connectivity index (χ4v) is 1.30. The molecule has 0 aliphatic heterocycles. The van der Waals surface area contributed by atoms with Crippen molar-refractivity contribution in [3.8, 4) is 5.75 Å². The fourth-order valence-electron chi connectivity index (χ4n) is 1.30. The fraction of sp³-hybridized carbons (Fsp3) is 0.417. The molecule has 0 bridgehead atoms. The highest BCUT2D eigenvalue weighted by Gasteiger charge is 2.13. The lowest BCUT2D eigenvalue weighted by Crippen LogP contribution is -2.37. The summed E-state index contributed by atoms with van der Waals surface area (Å²) in [6.45, 7) is 4.71. The maximum absolute atomic E-state index is 11.9. The van der Waals surface area contributed by atoms with Crippen LogP contribution in [0.3, 0.4) is 0 Å². The van der Waals surface area contributed by atoms with E-state index in [-0.39, 0.29) is 11.9 Å². The summed E-state index contributed by atoms with van der Waals surface area (Å²) in [5.74, 6) is 0.453. The molecule has 16 heavy (non-hydrogen) atoms. The topological polar surface area (TPSA) is 64.3 Å². The molecule has 0 aliphatic carbocycles. The molecule has 0 fully saturated rings. The van der Waals surface area contributed by atoms with E-state index in [2.05, 4.69) is 5.32 Å². The smallest absolute Gasteiger partial charge is 0.255 e. The maximum Gasteiger partial charge on any atom is 0.255 e. The Hall–Kier alpha value is -1.55. The molecule has 88 valence electrons. The van der Waals surface area contributed by atoms with E-state index in [9.17, 15) is 4.79 Å². The van der Waals surface area contributed by atoms with Crippen LogP contribution in [0.4, 0.5) is 0 Å². The van der Waals surface area contributed by atoms with E-state index in [0.29, 0.717) is 24.5 Å². The van der Waals surface area contributed by atoms with Gasteiger partial charge < -0.3 is 15.8 Å². The van der Waals surface area contributed by atoms with Crippen LogP contribution in [0.15, 0.2) is 24.3 Å². The molecule has 0 radical (unpaired) electrons.